The zero-order valence-corrected chi connectivity index (χ0v) is 11.8. The molecule has 1 aliphatic rings. The lowest BCUT2D eigenvalue weighted by Crippen LogP contribution is -2.39. The van der Waals surface area contributed by atoms with E-state index in [0.29, 0.717) is 5.13 Å². The molecule has 0 saturated carbocycles. The third-order valence-electron chi connectivity index (χ3n) is 3.21. The van der Waals surface area contributed by atoms with E-state index in [4.69, 9.17) is 5.73 Å². The topological polar surface area (TPSA) is 42.2 Å². The van der Waals surface area contributed by atoms with Crippen molar-refractivity contribution in [3.05, 3.63) is 10.6 Å². The number of nitrogens with zero attached hydrogens (tertiary/aromatic N) is 2. The minimum absolute atomic E-state index is 0.131. The Morgan fingerprint density at radius 3 is 2.68 bits per heavy atom. The van der Waals surface area contributed by atoms with Gasteiger partial charge >= 0.3 is 6.18 Å². The van der Waals surface area contributed by atoms with E-state index < -0.39 is 12.7 Å². The standard InChI is InChI=1S/C12H18F3N3S/c1-7(2)18(6-12(13,14)15)11-17-10-8(16)4-3-5-9(10)19-11/h7-8H,3-6,16H2,1-2H3. The molecule has 2 rings (SSSR count). The zero-order valence-electron chi connectivity index (χ0n) is 11.0. The fraction of sp³-hybridized carbons (Fsp3) is 0.750. The van der Waals surface area contributed by atoms with Crippen LogP contribution in [0, 0.1) is 0 Å². The number of hydrogen-bond donors (Lipinski definition) is 1. The van der Waals surface area contributed by atoms with Crippen molar-refractivity contribution in [2.75, 3.05) is 11.4 Å². The Balaban J connectivity index is 2.28. The lowest BCUT2D eigenvalue weighted by Gasteiger charge is -2.27. The van der Waals surface area contributed by atoms with E-state index in [1.807, 2.05) is 0 Å². The van der Waals surface area contributed by atoms with E-state index in [-0.39, 0.29) is 12.1 Å². The number of halogens is 3. The van der Waals surface area contributed by atoms with Crippen LogP contribution in [-0.4, -0.2) is 23.7 Å². The van der Waals surface area contributed by atoms with Crippen LogP contribution in [0.4, 0.5) is 18.3 Å². The van der Waals surface area contributed by atoms with Gasteiger partial charge in [-0.25, -0.2) is 4.98 Å². The van der Waals surface area contributed by atoms with Crippen molar-refractivity contribution in [3.8, 4) is 0 Å². The molecule has 0 aromatic carbocycles. The molecule has 1 aliphatic carbocycles. The molecule has 3 nitrogen and oxygen atoms in total. The second-order valence-electron chi connectivity index (χ2n) is 5.14. The summed E-state index contributed by atoms with van der Waals surface area (Å²) in [6.07, 6.45) is -1.51. The fourth-order valence-electron chi connectivity index (χ4n) is 2.23. The lowest BCUT2D eigenvalue weighted by molar-refractivity contribution is -0.120. The Morgan fingerprint density at radius 2 is 2.16 bits per heavy atom. The minimum Gasteiger partial charge on any atom is -0.337 e. The predicted octanol–water partition coefficient (Wildman–Crippen LogP) is 3.26. The average Bonchev–Trinajstić information content (AvgIpc) is 2.69. The Bertz CT molecular complexity index is 442. The Hall–Kier alpha value is -0.820. The van der Waals surface area contributed by atoms with Gasteiger partial charge in [0.15, 0.2) is 5.13 Å². The van der Waals surface area contributed by atoms with Crippen molar-refractivity contribution < 1.29 is 13.2 Å². The summed E-state index contributed by atoms with van der Waals surface area (Å²) in [5.74, 6) is 0. The van der Waals surface area contributed by atoms with Crippen molar-refractivity contribution >= 4 is 16.5 Å². The summed E-state index contributed by atoms with van der Waals surface area (Å²) in [5, 5.41) is 0.440. The van der Waals surface area contributed by atoms with Crippen molar-refractivity contribution in [1.29, 1.82) is 0 Å². The molecule has 0 fully saturated rings. The molecule has 1 aromatic rings. The second-order valence-corrected chi connectivity index (χ2v) is 6.20. The van der Waals surface area contributed by atoms with E-state index in [1.165, 1.54) is 16.2 Å². The smallest absolute Gasteiger partial charge is 0.337 e. The molecule has 2 N–H and O–H groups in total. The SMILES string of the molecule is CC(C)N(CC(F)(F)F)c1nc2c(s1)CCCC2N. The number of thiazole rings is 1. The first-order valence-corrected chi connectivity index (χ1v) is 7.18. The van der Waals surface area contributed by atoms with Crippen molar-refractivity contribution in [2.45, 2.75) is 51.4 Å². The highest BCUT2D eigenvalue weighted by Crippen LogP contribution is 2.37. The molecule has 1 atom stereocenters. The van der Waals surface area contributed by atoms with Gasteiger partial charge in [0.05, 0.1) is 5.69 Å². The molecule has 0 spiro atoms. The highest BCUT2D eigenvalue weighted by molar-refractivity contribution is 7.15. The fourth-order valence-corrected chi connectivity index (χ4v) is 3.53. The Kier molecular flexibility index (Phi) is 4.06. The monoisotopic (exact) mass is 293 g/mol. The molecule has 7 heteroatoms. The number of anilines is 1. The summed E-state index contributed by atoms with van der Waals surface area (Å²) < 4.78 is 37.9. The molecule has 0 radical (unpaired) electrons. The van der Waals surface area contributed by atoms with E-state index in [0.717, 1.165) is 29.8 Å². The summed E-state index contributed by atoms with van der Waals surface area (Å²) in [6.45, 7) is 2.52. The first-order chi connectivity index (χ1) is 8.78. The molecule has 1 aromatic heterocycles. The third-order valence-corrected chi connectivity index (χ3v) is 4.37. The number of nitrogens with two attached hydrogens (primary N) is 1. The zero-order chi connectivity index (χ0) is 14.2. The summed E-state index contributed by atoms with van der Waals surface area (Å²) in [7, 11) is 0. The number of fused-ring (bicyclic) bond motifs is 1. The van der Waals surface area contributed by atoms with Gasteiger partial charge in [-0.15, -0.1) is 11.3 Å². The number of alkyl halides is 3. The summed E-state index contributed by atoms with van der Waals surface area (Å²) >= 11 is 1.35. The van der Waals surface area contributed by atoms with Crippen LogP contribution in [0.3, 0.4) is 0 Å². The largest absolute Gasteiger partial charge is 0.406 e. The van der Waals surface area contributed by atoms with E-state index in [2.05, 4.69) is 4.98 Å². The van der Waals surface area contributed by atoms with Gasteiger partial charge in [-0.1, -0.05) is 0 Å². The van der Waals surface area contributed by atoms with Crippen molar-refractivity contribution in [1.82, 2.24) is 4.98 Å². The van der Waals surface area contributed by atoms with Gasteiger partial charge in [0.1, 0.15) is 6.54 Å². The summed E-state index contributed by atoms with van der Waals surface area (Å²) in [5.41, 5.74) is 6.76. The molecule has 108 valence electrons. The van der Waals surface area contributed by atoms with Crippen molar-refractivity contribution in [2.24, 2.45) is 5.73 Å². The van der Waals surface area contributed by atoms with Gasteiger partial charge in [-0.3, -0.25) is 0 Å². The van der Waals surface area contributed by atoms with Crippen LogP contribution >= 0.6 is 11.3 Å². The van der Waals surface area contributed by atoms with E-state index in [1.54, 1.807) is 13.8 Å². The Labute approximate surface area is 114 Å². The number of aryl methyl sites for hydroxylation is 1. The molecule has 1 unspecified atom stereocenters. The van der Waals surface area contributed by atoms with Gasteiger partial charge in [0.2, 0.25) is 0 Å². The molecular weight excluding hydrogens is 275 g/mol. The van der Waals surface area contributed by atoms with Gasteiger partial charge in [0, 0.05) is 17.0 Å². The first-order valence-electron chi connectivity index (χ1n) is 6.36. The van der Waals surface area contributed by atoms with Crippen molar-refractivity contribution in [3.63, 3.8) is 0 Å². The first kappa shape index (κ1) is 14.6. The molecule has 19 heavy (non-hydrogen) atoms. The van der Waals surface area contributed by atoms with Crippen LogP contribution in [0.25, 0.3) is 0 Å². The minimum atomic E-state index is -4.22. The van der Waals surface area contributed by atoms with Crippen LogP contribution < -0.4 is 10.6 Å². The van der Waals surface area contributed by atoms with Crippen LogP contribution in [0.2, 0.25) is 0 Å². The number of rotatable bonds is 3. The molecule has 0 aliphatic heterocycles. The molecule has 1 heterocycles. The van der Waals surface area contributed by atoms with Gasteiger partial charge in [-0.05, 0) is 33.1 Å². The second kappa shape index (κ2) is 5.28. The van der Waals surface area contributed by atoms with Crippen LogP contribution in [0.1, 0.15) is 43.3 Å². The normalized spacial score (nSPS) is 19.6. The highest BCUT2D eigenvalue weighted by atomic mass is 32.1. The maximum absolute atomic E-state index is 12.6. The summed E-state index contributed by atoms with van der Waals surface area (Å²) in [6, 6.07) is -0.376. The molecule has 0 amide bonds. The van der Waals surface area contributed by atoms with Crippen LogP contribution in [0.5, 0.6) is 0 Å². The van der Waals surface area contributed by atoms with Crippen LogP contribution in [0.15, 0.2) is 0 Å². The molecule has 0 bridgehead atoms. The van der Waals surface area contributed by atoms with Crippen LogP contribution in [-0.2, 0) is 6.42 Å². The average molecular weight is 293 g/mol. The predicted molar refractivity (Wildman–Crippen MR) is 70.5 cm³/mol. The molecule has 0 saturated heterocycles. The molecular formula is C12H18F3N3S. The number of hydrogen-bond acceptors (Lipinski definition) is 4. The highest BCUT2D eigenvalue weighted by Gasteiger charge is 2.34. The lowest BCUT2D eigenvalue weighted by atomic mass is 9.99. The Morgan fingerprint density at radius 1 is 1.47 bits per heavy atom. The van der Waals surface area contributed by atoms with Gasteiger partial charge < -0.3 is 10.6 Å². The van der Waals surface area contributed by atoms with E-state index in [9.17, 15) is 13.2 Å². The maximum atomic E-state index is 12.6. The summed E-state index contributed by atoms with van der Waals surface area (Å²) in [4.78, 5) is 6.70. The van der Waals surface area contributed by atoms with Gasteiger partial charge in [-0.2, -0.15) is 13.2 Å². The van der Waals surface area contributed by atoms with Gasteiger partial charge in [0.25, 0.3) is 0 Å². The van der Waals surface area contributed by atoms with E-state index >= 15 is 0 Å². The quantitative estimate of drug-likeness (QED) is 0.930. The number of aromatic nitrogens is 1. The third kappa shape index (κ3) is 3.39. The maximum Gasteiger partial charge on any atom is 0.406 e.